The SMILES string of the molecule is CCCc1noc(CN(C)Cc2ccc(OCC)cc2)n1. The van der Waals surface area contributed by atoms with Crippen LogP contribution >= 0.6 is 0 Å². The fourth-order valence-corrected chi connectivity index (χ4v) is 2.14. The number of hydrogen-bond acceptors (Lipinski definition) is 5. The lowest BCUT2D eigenvalue weighted by atomic mass is 10.2. The van der Waals surface area contributed by atoms with E-state index in [0.29, 0.717) is 19.0 Å². The van der Waals surface area contributed by atoms with Gasteiger partial charge in [-0.1, -0.05) is 24.2 Å². The van der Waals surface area contributed by atoms with Gasteiger partial charge in [-0.05, 0) is 38.1 Å². The van der Waals surface area contributed by atoms with E-state index < -0.39 is 0 Å². The first-order chi connectivity index (χ1) is 10.2. The summed E-state index contributed by atoms with van der Waals surface area (Å²) in [6, 6.07) is 8.16. The van der Waals surface area contributed by atoms with Gasteiger partial charge in [0.2, 0.25) is 5.89 Å². The monoisotopic (exact) mass is 289 g/mol. The van der Waals surface area contributed by atoms with Gasteiger partial charge in [0.15, 0.2) is 5.82 Å². The number of rotatable bonds is 8. The molecule has 0 saturated carbocycles. The summed E-state index contributed by atoms with van der Waals surface area (Å²) in [6.07, 6.45) is 1.90. The van der Waals surface area contributed by atoms with Crippen molar-refractivity contribution >= 4 is 0 Å². The van der Waals surface area contributed by atoms with Gasteiger partial charge in [0.25, 0.3) is 0 Å². The lowest BCUT2D eigenvalue weighted by Crippen LogP contribution is -2.17. The second-order valence-electron chi connectivity index (χ2n) is 5.10. The van der Waals surface area contributed by atoms with E-state index in [1.807, 2.05) is 26.1 Å². The van der Waals surface area contributed by atoms with E-state index in [0.717, 1.165) is 31.0 Å². The molecule has 0 unspecified atom stereocenters. The van der Waals surface area contributed by atoms with Crippen molar-refractivity contribution in [3.8, 4) is 5.75 Å². The van der Waals surface area contributed by atoms with Crippen molar-refractivity contribution in [1.29, 1.82) is 0 Å². The normalized spacial score (nSPS) is 11.0. The molecule has 0 radical (unpaired) electrons. The smallest absolute Gasteiger partial charge is 0.240 e. The summed E-state index contributed by atoms with van der Waals surface area (Å²) < 4.78 is 10.7. The van der Waals surface area contributed by atoms with Crippen molar-refractivity contribution in [2.75, 3.05) is 13.7 Å². The van der Waals surface area contributed by atoms with Gasteiger partial charge >= 0.3 is 0 Å². The Bertz CT molecular complexity index is 537. The minimum Gasteiger partial charge on any atom is -0.494 e. The molecule has 2 rings (SSSR count). The summed E-state index contributed by atoms with van der Waals surface area (Å²) in [7, 11) is 2.04. The lowest BCUT2D eigenvalue weighted by Gasteiger charge is -2.14. The molecule has 21 heavy (non-hydrogen) atoms. The van der Waals surface area contributed by atoms with Gasteiger partial charge < -0.3 is 9.26 Å². The second-order valence-corrected chi connectivity index (χ2v) is 5.10. The van der Waals surface area contributed by atoms with Crippen molar-refractivity contribution in [3.05, 3.63) is 41.5 Å². The molecular formula is C16H23N3O2. The van der Waals surface area contributed by atoms with Crippen LogP contribution in [-0.2, 0) is 19.5 Å². The molecular weight excluding hydrogens is 266 g/mol. The average Bonchev–Trinajstić information content (AvgIpc) is 2.89. The topological polar surface area (TPSA) is 51.4 Å². The molecule has 1 heterocycles. The molecule has 0 bridgehead atoms. The summed E-state index contributed by atoms with van der Waals surface area (Å²) in [6.45, 7) is 6.27. The Hall–Kier alpha value is -1.88. The number of nitrogens with zero attached hydrogens (tertiary/aromatic N) is 3. The third-order valence-electron chi connectivity index (χ3n) is 3.08. The Kier molecular flexibility index (Phi) is 5.75. The summed E-state index contributed by atoms with van der Waals surface area (Å²) in [5.74, 6) is 2.37. The Balaban J connectivity index is 1.86. The van der Waals surface area contributed by atoms with Crippen LogP contribution in [0, 0.1) is 0 Å². The predicted octanol–water partition coefficient (Wildman–Crippen LogP) is 3.05. The Morgan fingerprint density at radius 3 is 2.57 bits per heavy atom. The molecule has 0 aliphatic rings. The van der Waals surface area contributed by atoms with Crippen LogP contribution in [0.15, 0.2) is 28.8 Å². The number of aryl methyl sites for hydroxylation is 1. The first-order valence-electron chi connectivity index (χ1n) is 7.43. The van der Waals surface area contributed by atoms with Crippen LogP contribution in [-0.4, -0.2) is 28.7 Å². The zero-order valence-electron chi connectivity index (χ0n) is 13.0. The molecule has 5 nitrogen and oxygen atoms in total. The van der Waals surface area contributed by atoms with Crippen molar-refractivity contribution in [2.24, 2.45) is 0 Å². The average molecular weight is 289 g/mol. The highest BCUT2D eigenvalue weighted by Crippen LogP contribution is 2.14. The summed E-state index contributed by atoms with van der Waals surface area (Å²) >= 11 is 0. The zero-order valence-corrected chi connectivity index (χ0v) is 13.0. The first-order valence-corrected chi connectivity index (χ1v) is 7.43. The highest BCUT2D eigenvalue weighted by atomic mass is 16.5. The van der Waals surface area contributed by atoms with Crippen molar-refractivity contribution in [2.45, 2.75) is 39.8 Å². The molecule has 2 aromatic rings. The van der Waals surface area contributed by atoms with Crippen LogP contribution in [0.1, 0.15) is 37.5 Å². The van der Waals surface area contributed by atoms with E-state index in [4.69, 9.17) is 9.26 Å². The van der Waals surface area contributed by atoms with Crippen molar-refractivity contribution < 1.29 is 9.26 Å². The molecule has 0 amide bonds. The molecule has 0 atom stereocenters. The van der Waals surface area contributed by atoms with Gasteiger partial charge in [0, 0.05) is 13.0 Å². The van der Waals surface area contributed by atoms with Gasteiger partial charge in [-0.3, -0.25) is 4.90 Å². The predicted molar refractivity (Wildman–Crippen MR) is 81.1 cm³/mol. The van der Waals surface area contributed by atoms with Crippen LogP contribution in [0.4, 0.5) is 0 Å². The van der Waals surface area contributed by atoms with E-state index in [1.54, 1.807) is 0 Å². The first kappa shape index (κ1) is 15.5. The van der Waals surface area contributed by atoms with Crippen LogP contribution in [0.5, 0.6) is 5.75 Å². The quantitative estimate of drug-likeness (QED) is 0.747. The fraction of sp³-hybridized carbons (Fsp3) is 0.500. The molecule has 0 saturated heterocycles. The molecule has 1 aromatic heterocycles. The Morgan fingerprint density at radius 1 is 1.14 bits per heavy atom. The van der Waals surface area contributed by atoms with E-state index in [9.17, 15) is 0 Å². The standard InChI is InChI=1S/C16H23N3O2/c1-4-6-15-17-16(21-18-15)12-19(3)11-13-7-9-14(10-8-13)20-5-2/h7-10H,4-6,11-12H2,1-3H3. The van der Waals surface area contributed by atoms with Gasteiger partial charge in [-0.15, -0.1) is 0 Å². The highest BCUT2D eigenvalue weighted by Gasteiger charge is 2.09. The molecule has 5 heteroatoms. The van der Waals surface area contributed by atoms with Crippen LogP contribution in [0.25, 0.3) is 0 Å². The molecule has 0 N–H and O–H groups in total. The van der Waals surface area contributed by atoms with Gasteiger partial charge in [-0.25, -0.2) is 0 Å². The zero-order chi connectivity index (χ0) is 15.1. The molecule has 0 aliphatic carbocycles. The second kappa shape index (κ2) is 7.78. The van der Waals surface area contributed by atoms with Gasteiger partial charge in [0.1, 0.15) is 5.75 Å². The minimum absolute atomic E-state index is 0.657. The van der Waals surface area contributed by atoms with E-state index in [-0.39, 0.29) is 0 Å². The fourth-order valence-electron chi connectivity index (χ4n) is 2.14. The van der Waals surface area contributed by atoms with Crippen molar-refractivity contribution in [3.63, 3.8) is 0 Å². The molecule has 114 valence electrons. The summed E-state index contributed by atoms with van der Waals surface area (Å²) in [4.78, 5) is 6.53. The third kappa shape index (κ3) is 4.86. The highest BCUT2D eigenvalue weighted by molar-refractivity contribution is 5.27. The molecule has 0 aliphatic heterocycles. The number of benzene rings is 1. The Labute approximate surface area is 125 Å². The van der Waals surface area contributed by atoms with E-state index in [1.165, 1.54) is 5.56 Å². The summed E-state index contributed by atoms with van der Waals surface area (Å²) in [5.41, 5.74) is 1.23. The maximum Gasteiger partial charge on any atom is 0.240 e. The maximum absolute atomic E-state index is 5.44. The number of hydrogen-bond donors (Lipinski definition) is 0. The Morgan fingerprint density at radius 2 is 1.90 bits per heavy atom. The molecule has 1 aromatic carbocycles. The van der Waals surface area contributed by atoms with E-state index >= 15 is 0 Å². The largest absolute Gasteiger partial charge is 0.494 e. The van der Waals surface area contributed by atoms with Crippen molar-refractivity contribution in [1.82, 2.24) is 15.0 Å². The maximum atomic E-state index is 5.44. The number of aromatic nitrogens is 2. The van der Waals surface area contributed by atoms with Crippen LogP contribution in [0.2, 0.25) is 0 Å². The van der Waals surface area contributed by atoms with E-state index in [2.05, 4.69) is 34.1 Å². The van der Waals surface area contributed by atoms with Crippen LogP contribution in [0.3, 0.4) is 0 Å². The van der Waals surface area contributed by atoms with Gasteiger partial charge in [0.05, 0.1) is 13.2 Å². The summed E-state index contributed by atoms with van der Waals surface area (Å²) in [5, 5.41) is 3.97. The third-order valence-corrected chi connectivity index (χ3v) is 3.08. The molecule has 0 fully saturated rings. The molecule has 0 spiro atoms. The van der Waals surface area contributed by atoms with Crippen LogP contribution < -0.4 is 4.74 Å². The number of ether oxygens (including phenoxy) is 1. The minimum atomic E-state index is 0.657. The van der Waals surface area contributed by atoms with Gasteiger partial charge in [-0.2, -0.15) is 4.98 Å². The lowest BCUT2D eigenvalue weighted by molar-refractivity contribution is 0.260.